The number of para-hydroxylation sites is 2. The number of fused-ring (bicyclic) bond motifs is 1. The molecule has 0 saturated carbocycles. The van der Waals surface area contributed by atoms with E-state index in [1.165, 1.54) is 0 Å². The molecule has 1 atom stereocenters. The number of aliphatic hydroxyl groups excluding tert-OH is 1. The highest BCUT2D eigenvalue weighted by atomic mass is 16.3. The minimum Gasteiger partial charge on any atom is -0.391 e. The molecule has 1 aromatic heterocycles. The van der Waals surface area contributed by atoms with Gasteiger partial charge in [-0.1, -0.05) is 19.1 Å². The molecule has 0 bridgehead atoms. The van der Waals surface area contributed by atoms with Crippen LogP contribution in [-0.2, 0) is 13.0 Å². The third kappa shape index (κ3) is 2.71. The van der Waals surface area contributed by atoms with Gasteiger partial charge in [0.25, 0.3) is 0 Å². The van der Waals surface area contributed by atoms with Gasteiger partial charge >= 0.3 is 0 Å². The number of aliphatic hydroxyl groups is 1. The fourth-order valence-electron chi connectivity index (χ4n) is 2.27. The summed E-state index contributed by atoms with van der Waals surface area (Å²) in [6, 6.07) is 8.14. The van der Waals surface area contributed by atoms with Crippen LogP contribution in [0.5, 0.6) is 0 Å². The first-order valence-corrected chi connectivity index (χ1v) is 6.53. The first kappa shape index (κ1) is 13.1. The Morgan fingerprint density at radius 1 is 1.39 bits per heavy atom. The predicted octanol–water partition coefficient (Wildman–Crippen LogP) is 1.57. The zero-order valence-corrected chi connectivity index (χ0v) is 11.1. The first-order valence-electron chi connectivity index (χ1n) is 6.53. The van der Waals surface area contributed by atoms with Crippen molar-refractivity contribution in [2.24, 2.45) is 0 Å². The number of hydrogen-bond donors (Lipinski definition) is 2. The lowest BCUT2D eigenvalue weighted by atomic mass is 10.2. The van der Waals surface area contributed by atoms with E-state index in [9.17, 15) is 5.11 Å². The van der Waals surface area contributed by atoms with Crippen LogP contribution in [0.4, 0.5) is 0 Å². The van der Waals surface area contributed by atoms with Gasteiger partial charge in [0, 0.05) is 19.5 Å². The quantitative estimate of drug-likeness (QED) is 0.814. The van der Waals surface area contributed by atoms with Crippen molar-refractivity contribution in [3.05, 3.63) is 30.1 Å². The van der Waals surface area contributed by atoms with Gasteiger partial charge in [-0.05, 0) is 25.6 Å². The number of nitrogens with one attached hydrogen (secondary N) is 1. The molecule has 1 unspecified atom stereocenters. The van der Waals surface area contributed by atoms with E-state index in [1.807, 2.05) is 25.2 Å². The van der Waals surface area contributed by atoms with E-state index in [0.29, 0.717) is 13.0 Å². The summed E-state index contributed by atoms with van der Waals surface area (Å²) in [5.41, 5.74) is 2.17. The first-order chi connectivity index (χ1) is 8.76. The summed E-state index contributed by atoms with van der Waals surface area (Å²) in [5, 5.41) is 12.9. The van der Waals surface area contributed by atoms with Gasteiger partial charge < -0.3 is 15.0 Å². The molecule has 0 radical (unpaired) electrons. The van der Waals surface area contributed by atoms with Crippen LogP contribution in [0.3, 0.4) is 0 Å². The Hall–Kier alpha value is -1.39. The minimum absolute atomic E-state index is 0.387. The highest BCUT2D eigenvalue weighted by molar-refractivity contribution is 5.75. The number of likely N-dealkylation sites (N-methyl/N-ethyl adjacent to an activating group) is 1. The Balaban J connectivity index is 2.33. The molecule has 1 heterocycles. The van der Waals surface area contributed by atoms with Crippen LogP contribution < -0.4 is 5.32 Å². The second-order valence-electron chi connectivity index (χ2n) is 4.58. The Morgan fingerprint density at radius 2 is 2.17 bits per heavy atom. The molecule has 2 rings (SSSR count). The molecule has 0 aliphatic carbocycles. The number of aromatic nitrogens is 2. The summed E-state index contributed by atoms with van der Waals surface area (Å²) < 4.78 is 2.22. The maximum absolute atomic E-state index is 9.90. The molecule has 1 aromatic carbocycles. The third-order valence-electron chi connectivity index (χ3n) is 3.04. The van der Waals surface area contributed by atoms with Gasteiger partial charge in [0.05, 0.1) is 17.1 Å². The number of imidazole rings is 1. The monoisotopic (exact) mass is 247 g/mol. The zero-order chi connectivity index (χ0) is 13.0. The van der Waals surface area contributed by atoms with Gasteiger partial charge in [-0.3, -0.25) is 0 Å². The zero-order valence-electron chi connectivity index (χ0n) is 11.1. The highest BCUT2D eigenvalue weighted by Crippen LogP contribution is 2.17. The van der Waals surface area contributed by atoms with E-state index < -0.39 is 0 Å². The molecule has 0 spiro atoms. The smallest absolute Gasteiger partial charge is 0.112 e. The topological polar surface area (TPSA) is 50.1 Å². The summed E-state index contributed by atoms with van der Waals surface area (Å²) in [5.74, 6) is 0.973. The fraction of sp³-hybridized carbons (Fsp3) is 0.500. The van der Waals surface area contributed by atoms with E-state index in [2.05, 4.69) is 27.9 Å². The molecular weight excluding hydrogens is 226 g/mol. The average molecular weight is 247 g/mol. The van der Waals surface area contributed by atoms with Gasteiger partial charge in [-0.25, -0.2) is 4.98 Å². The number of hydrogen-bond acceptors (Lipinski definition) is 3. The second kappa shape index (κ2) is 5.98. The summed E-state index contributed by atoms with van der Waals surface area (Å²) in [4.78, 5) is 4.63. The van der Waals surface area contributed by atoms with E-state index in [4.69, 9.17) is 0 Å². The van der Waals surface area contributed by atoms with E-state index in [1.54, 1.807) is 0 Å². The molecule has 0 saturated heterocycles. The predicted molar refractivity (Wildman–Crippen MR) is 73.7 cm³/mol. The molecule has 0 aliphatic heterocycles. The maximum atomic E-state index is 9.90. The Bertz CT molecular complexity index is 507. The fourth-order valence-corrected chi connectivity index (χ4v) is 2.27. The van der Waals surface area contributed by atoms with Crippen molar-refractivity contribution in [3.63, 3.8) is 0 Å². The highest BCUT2D eigenvalue weighted by Gasteiger charge is 2.13. The van der Waals surface area contributed by atoms with Gasteiger partial charge in [0.15, 0.2) is 0 Å². The lowest BCUT2D eigenvalue weighted by molar-refractivity contribution is 0.171. The number of rotatable bonds is 6. The maximum Gasteiger partial charge on any atom is 0.112 e. The molecule has 2 aromatic rings. The van der Waals surface area contributed by atoms with Crippen LogP contribution >= 0.6 is 0 Å². The van der Waals surface area contributed by atoms with E-state index in [-0.39, 0.29) is 6.10 Å². The summed E-state index contributed by atoms with van der Waals surface area (Å²) in [7, 11) is 1.85. The third-order valence-corrected chi connectivity index (χ3v) is 3.04. The molecule has 4 nitrogen and oxygen atoms in total. The molecule has 0 amide bonds. The van der Waals surface area contributed by atoms with Crippen LogP contribution in [0.15, 0.2) is 24.3 Å². The van der Waals surface area contributed by atoms with Gasteiger partial charge in [0.1, 0.15) is 5.82 Å². The summed E-state index contributed by atoms with van der Waals surface area (Å²) >= 11 is 0. The van der Waals surface area contributed by atoms with Crippen LogP contribution in [0, 0.1) is 0 Å². The van der Waals surface area contributed by atoms with Crippen LogP contribution in [0.1, 0.15) is 19.2 Å². The SMILES string of the molecule is CCCn1c(CC(O)CNC)nc2ccccc21. The molecule has 2 N–H and O–H groups in total. The van der Waals surface area contributed by atoms with Crippen molar-refractivity contribution in [1.29, 1.82) is 0 Å². The molecule has 0 fully saturated rings. The Labute approximate surface area is 108 Å². The van der Waals surface area contributed by atoms with Crippen LogP contribution in [-0.4, -0.2) is 34.4 Å². The largest absolute Gasteiger partial charge is 0.391 e. The Kier molecular flexibility index (Phi) is 4.33. The number of aryl methyl sites for hydroxylation is 1. The molecule has 18 heavy (non-hydrogen) atoms. The van der Waals surface area contributed by atoms with Gasteiger partial charge in [-0.15, -0.1) is 0 Å². The van der Waals surface area contributed by atoms with Crippen molar-refractivity contribution in [2.45, 2.75) is 32.4 Å². The molecular formula is C14H21N3O. The molecule has 98 valence electrons. The van der Waals surface area contributed by atoms with Crippen molar-refractivity contribution in [3.8, 4) is 0 Å². The second-order valence-corrected chi connectivity index (χ2v) is 4.58. The average Bonchev–Trinajstić information content (AvgIpc) is 2.68. The standard InChI is InChI=1S/C14H21N3O/c1-3-8-17-13-7-5-4-6-12(13)16-14(17)9-11(18)10-15-2/h4-7,11,15,18H,3,8-10H2,1-2H3. The van der Waals surface area contributed by atoms with Crippen LogP contribution in [0.2, 0.25) is 0 Å². The van der Waals surface area contributed by atoms with Crippen molar-refractivity contribution < 1.29 is 5.11 Å². The number of benzene rings is 1. The van der Waals surface area contributed by atoms with Crippen molar-refractivity contribution in [2.75, 3.05) is 13.6 Å². The summed E-state index contributed by atoms with van der Waals surface area (Å²) in [6.45, 7) is 3.69. The van der Waals surface area contributed by atoms with Crippen molar-refractivity contribution >= 4 is 11.0 Å². The number of nitrogens with zero attached hydrogens (tertiary/aromatic N) is 2. The van der Waals surface area contributed by atoms with Gasteiger partial charge in [0.2, 0.25) is 0 Å². The lowest BCUT2D eigenvalue weighted by Crippen LogP contribution is -2.26. The minimum atomic E-state index is -0.387. The van der Waals surface area contributed by atoms with Crippen LogP contribution in [0.25, 0.3) is 11.0 Å². The van der Waals surface area contributed by atoms with Gasteiger partial charge in [-0.2, -0.15) is 0 Å². The van der Waals surface area contributed by atoms with E-state index >= 15 is 0 Å². The Morgan fingerprint density at radius 3 is 2.89 bits per heavy atom. The normalized spacial score (nSPS) is 13.1. The molecule has 0 aliphatic rings. The lowest BCUT2D eigenvalue weighted by Gasteiger charge is -2.11. The van der Waals surface area contributed by atoms with Crippen molar-refractivity contribution in [1.82, 2.24) is 14.9 Å². The molecule has 4 heteroatoms. The van der Waals surface area contributed by atoms with E-state index in [0.717, 1.165) is 29.8 Å². The summed E-state index contributed by atoms with van der Waals surface area (Å²) in [6.07, 6.45) is 1.27.